The highest BCUT2D eigenvalue weighted by atomic mass is 35.5. The smallest absolute Gasteiger partial charge is 0.242 e. The molecule has 1 aromatic rings. The van der Waals surface area contributed by atoms with Crippen LogP contribution >= 0.6 is 11.6 Å². The number of amides is 1. The molecule has 1 aromatic carbocycles. The highest BCUT2D eigenvalue weighted by molar-refractivity contribution is 6.32. The Morgan fingerprint density at radius 2 is 2.00 bits per heavy atom. The zero-order valence-corrected chi connectivity index (χ0v) is 11.8. The minimum absolute atomic E-state index is 0.225. The second-order valence-corrected chi connectivity index (χ2v) is 5.29. The number of alkyl halides is 1. The van der Waals surface area contributed by atoms with Gasteiger partial charge in [0.1, 0.15) is 11.1 Å². The highest BCUT2D eigenvalue weighted by Gasteiger charge is 2.12. The molecule has 1 N–H and O–H groups in total. The number of carbonyl (C=O) groups is 1. The lowest BCUT2D eigenvalue weighted by atomic mass is 10.1. The van der Waals surface area contributed by atoms with Crippen molar-refractivity contribution in [1.29, 1.82) is 0 Å². The van der Waals surface area contributed by atoms with Crippen LogP contribution in [0.1, 0.15) is 27.2 Å². The van der Waals surface area contributed by atoms with E-state index in [0.717, 1.165) is 6.42 Å². The Morgan fingerprint density at radius 1 is 1.33 bits per heavy atom. The topological polar surface area (TPSA) is 38.3 Å². The molecule has 1 amide bonds. The quantitative estimate of drug-likeness (QED) is 0.800. The van der Waals surface area contributed by atoms with Crippen LogP contribution in [0.4, 0.5) is 5.69 Å². The van der Waals surface area contributed by atoms with Gasteiger partial charge in [-0.05, 0) is 31.4 Å². The van der Waals surface area contributed by atoms with Crippen LogP contribution in [-0.4, -0.2) is 17.9 Å². The molecule has 18 heavy (non-hydrogen) atoms. The summed E-state index contributed by atoms with van der Waals surface area (Å²) >= 11 is 5.72. The number of halogens is 1. The average molecular weight is 270 g/mol. The van der Waals surface area contributed by atoms with E-state index in [4.69, 9.17) is 16.3 Å². The largest absolute Gasteiger partial charge is 0.491 e. The molecule has 0 fully saturated rings. The number of benzene rings is 1. The molecule has 0 aliphatic rings. The van der Waals surface area contributed by atoms with E-state index in [-0.39, 0.29) is 5.91 Å². The molecule has 1 rings (SSSR count). The summed E-state index contributed by atoms with van der Waals surface area (Å²) in [5.41, 5.74) is 0.666. The van der Waals surface area contributed by atoms with Crippen molar-refractivity contribution in [2.45, 2.75) is 32.6 Å². The van der Waals surface area contributed by atoms with Gasteiger partial charge in [0.15, 0.2) is 0 Å². The van der Waals surface area contributed by atoms with Gasteiger partial charge in [-0.15, -0.1) is 11.6 Å². The summed E-state index contributed by atoms with van der Waals surface area (Å²) in [5, 5.41) is 2.19. The van der Waals surface area contributed by atoms with Gasteiger partial charge >= 0.3 is 0 Å². The first-order chi connectivity index (χ1) is 8.50. The highest BCUT2D eigenvalue weighted by Crippen LogP contribution is 2.24. The van der Waals surface area contributed by atoms with Gasteiger partial charge in [-0.2, -0.15) is 0 Å². The Hall–Kier alpha value is -1.22. The lowest BCUT2D eigenvalue weighted by molar-refractivity contribution is -0.115. The third-order valence-corrected chi connectivity index (χ3v) is 2.66. The minimum atomic E-state index is -0.561. The molecule has 0 aliphatic heterocycles. The van der Waals surface area contributed by atoms with E-state index in [9.17, 15) is 4.79 Å². The second kappa shape index (κ2) is 7.27. The van der Waals surface area contributed by atoms with Crippen LogP contribution in [-0.2, 0) is 4.79 Å². The van der Waals surface area contributed by atoms with E-state index in [1.807, 2.05) is 24.3 Å². The van der Waals surface area contributed by atoms with Gasteiger partial charge in [0.2, 0.25) is 5.91 Å². The molecular formula is C14H20ClNO2. The fourth-order valence-electron chi connectivity index (χ4n) is 1.33. The first kappa shape index (κ1) is 14.8. The van der Waals surface area contributed by atoms with Gasteiger partial charge in [-0.25, -0.2) is 0 Å². The second-order valence-electron chi connectivity index (χ2n) is 4.63. The predicted octanol–water partition coefficient (Wildman–Crippen LogP) is 3.68. The van der Waals surface area contributed by atoms with Crippen LogP contribution in [0, 0.1) is 5.92 Å². The molecule has 4 heteroatoms. The fraction of sp³-hybridized carbons (Fsp3) is 0.500. The van der Waals surface area contributed by atoms with Gasteiger partial charge in [-0.1, -0.05) is 26.0 Å². The maximum atomic E-state index is 11.5. The SMILES string of the molecule is CC(C)CCOc1ccccc1NC(=O)C(C)Cl. The lowest BCUT2D eigenvalue weighted by Gasteiger charge is -2.13. The Morgan fingerprint density at radius 3 is 2.61 bits per heavy atom. The third-order valence-electron chi connectivity index (χ3n) is 2.46. The van der Waals surface area contributed by atoms with E-state index in [1.165, 1.54) is 0 Å². The lowest BCUT2D eigenvalue weighted by Crippen LogP contribution is -2.20. The Balaban J connectivity index is 2.64. The van der Waals surface area contributed by atoms with E-state index in [1.54, 1.807) is 6.92 Å². The summed E-state index contributed by atoms with van der Waals surface area (Å²) in [6.07, 6.45) is 0.980. The third kappa shape index (κ3) is 4.96. The van der Waals surface area contributed by atoms with Gasteiger partial charge in [-0.3, -0.25) is 4.79 Å². The summed E-state index contributed by atoms with van der Waals surface area (Å²) < 4.78 is 5.67. The molecule has 0 saturated heterocycles. The Bertz CT molecular complexity index is 391. The molecule has 0 spiro atoms. The van der Waals surface area contributed by atoms with Crippen LogP contribution < -0.4 is 10.1 Å². The first-order valence-electron chi connectivity index (χ1n) is 6.17. The Kier molecular flexibility index (Phi) is 5.99. The van der Waals surface area contributed by atoms with Crippen LogP contribution in [0.2, 0.25) is 0 Å². The van der Waals surface area contributed by atoms with E-state index in [0.29, 0.717) is 24.0 Å². The molecule has 1 atom stereocenters. The first-order valence-corrected chi connectivity index (χ1v) is 6.61. The van der Waals surface area contributed by atoms with Crippen molar-refractivity contribution in [3.05, 3.63) is 24.3 Å². The molecule has 100 valence electrons. The number of hydrogen-bond acceptors (Lipinski definition) is 2. The molecule has 1 unspecified atom stereocenters. The summed E-state index contributed by atoms with van der Waals surface area (Å²) in [6, 6.07) is 7.38. The molecule has 0 aliphatic carbocycles. The molecule has 0 radical (unpaired) electrons. The van der Waals surface area contributed by atoms with Gasteiger partial charge in [0, 0.05) is 0 Å². The van der Waals surface area contributed by atoms with Crippen LogP contribution in [0.25, 0.3) is 0 Å². The standard InChI is InChI=1S/C14H20ClNO2/c1-10(2)8-9-18-13-7-5-4-6-12(13)16-14(17)11(3)15/h4-7,10-11H,8-9H2,1-3H3,(H,16,17). The number of nitrogens with one attached hydrogen (secondary N) is 1. The van der Waals surface area contributed by atoms with E-state index in [2.05, 4.69) is 19.2 Å². The molecule has 0 bridgehead atoms. The average Bonchev–Trinajstić information content (AvgIpc) is 2.30. The number of rotatable bonds is 6. The Labute approximate surface area is 113 Å². The van der Waals surface area contributed by atoms with Crippen molar-refractivity contribution in [1.82, 2.24) is 0 Å². The monoisotopic (exact) mass is 269 g/mol. The number of anilines is 1. The van der Waals surface area contributed by atoms with Crippen molar-refractivity contribution in [3.63, 3.8) is 0 Å². The van der Waals surface area contributed by atoms with Crippen molar-refractivity contribution in [2.75, 3.05) is 11.9 Å². The van der Waals surface area contributed by atoms with Gasteiger partial charge in [0.05, 0.1) is 12.3 Å². The summed E-state index contributed by atoms with van der Waals surface area (Å²) in [6.45, 7) is 6.57. The summed E-state index contributed by atoms with van der Waals surface area (Å²) in [4.78, 5) is 11.5. The number of para-hydroxylation sites is 2. The summed E-state index contributed by atoms with van der Waals surface area (Å²) in [7, 11) is 0. The van der Waals surface area contributed by atoms with Crippen molar-refractivity contribution >= 4 is 23.2 Å². The summed E-state index contributed by atoms with van der Waals surface area (Å²) in [5.74, 6) is 1.05. The van der Waals surface area contributed by atoms with Crippen molar-refractivity contribution < 1.29 is 9.53 Å². The number of hydrogen-bond donors (Lipinski definition) is 1. The zero-order chi connectivity index (χ0) is 13.5. The maximum Gasteiger partial charge on any atom is 0.242 e. The molecule has 0 saturated carbocycles. The molecule has 0 aromatic heterocycles. The van der Waals surface area contributed by atoms with E-state index >= 15 is 0 Å². The maximum absolute atomic E-state index is 11.5. The van der Waals surface area contributed by atoms with Crippen molar-refractivity contribution in [3.8, 4) is 5.75 Å². The van der Waals surface area contributed by atoms with E-state index < -0.39 is 5.38 Å². The predicted molar refractivity (Wildman–Crippen MR) is 75.3 cm³/mol. The van der Waals surface area contributed by atoms with Gasteiger partial charge in [0.25, 0.3) is 0 Å². The zero-order valence-electron chi connectivity index (χ0n) is 11.1. The van der Waals surface area contributed by atoms with Crippen molar-refractivity contribution in [2.24, 2.45) is 5.92 Å². The number of ether oxygens (including phenoxy) is 1. The number of carbonyl (C=O) groups excluding carboxylic acids is 1. The van der Waals surface area contributed by atoms with Crippen LogP contribution in [0.5, 0.6) is 5.75 Å². The molecule has 0 heterocycles. The van der Waals surface area contributed by atoms with Crippen LogP contribution in [0.15, 0.2) is 24.3 Å². The minimum Gasteiger partial charge on any atom is -0.491 e. The molecule has 3 nitrogen and oxygen atoms in total. The molecular weight excluding hydrogens is 250 g/mol. The fourth-order valence-corrected chi connectivity index (χ4v) is 1.39. The van der Waals surface area contributed by atoms with Gasteiger partial charge < -0.3 is 10.1 Å². The normalized spacial score (nSPS) is 12.3. The van der Waals surface area contributed by atoms with Crippen LogP contribution in [0.3, 0.4) is 0 Å².